The van der Waals surface area contributed by atoms with Crippen LogP contribution in [0.3, 0.4) is 0 Å². The van der Waals surface area contributed by atoms with Crippen LogP contribution in [-0.4, -0.2) is 20.7 Å². The average molecular weight is 405 g/mol. The normalized spacial score (nSPS) is 12.0. The van der Waals surface area contributed by atoms with E-state index in [1.807, 2.05) is 44.2 Å². The summed E-state index contributed by atoms with van der Waals surface area (Å²) < 4.78 is 25.8. The first-order valence-corrected chi connectivity index (χ1v) is 9.52. The molecule has 30 heavy (non-hydrogen) atoms. The van der Waals surface area contributed by atoms with E-state index in [-0.39, 0.29) is 17.7 Å². The predicted octanol–water partition coefficient (Wildman–Crippen LogP) is 4.74. The Hall–Kier alpha value is -3.74. The summed E-state index contributed by atoms with van der Waals surface area (Å²) in [6.45, 7) is 3.78. The zero-order valence-corrected chi connectivity index (χ0v) is 16.6. The van der Waals surface area contributed by atoms with E-state index < -0.39 is 5.97 Å². The van der Waals surface area contributed by atoms with Crippen molar-refractivity contribution in [2.45, 2.75) is 26.3 Å². The van der Waals surface area contributed by atoms with Crippen LogP contribution < -0.4 is 4.74 Å². The molecule has 0 saturated heterocycles. The summed E-state index contributed by atoms with van der Waals surface area (Å²) in [5, 5.41) is 4.63. The van der Waals surface area contributed by atoms with Gasteiger partial charge in [0.25, 0.3) is 0 Å². The Morgan fingerprint density at radius 2 is 1.90 bits per heavy atom. The summed E-state index contributed by atoms with van der Waals surface area (Å²) in [5.74, 6) is -0.846. The number of rotatable bonds is 6. The molecule has 0 aliphatic heterocycles. The molecular weight excluding hydrogens is 385 g/mol. The Morgan fingerprint density at radius 1 is 1.17 bits per heavy atom. The lowest BCUT2D eigenvalue weighted by Crippen LogP contribution is -2.16. The van der Waals surface area contributed by atoms with E-state index in [1.165, 1.54) is 24.6 Å². The summed E-state index contributed by atoms with van der Waals surface area (Å²) in [6, 6.07) is 15.7. The topological polar surface area (TPSA) is 70.2 Å². The Kier molecular flexibility index (Phi) is 5.43. The van der Waals surface area contributed by atoms with Crippen LogP contribution in [0.25, 0.3) is 0 Å². The second-order valence-corrected chi connectivity index (χ2v) is 6.93. The van der Waals surface area contributed by atoms with E-state index in [2.05, 4.69) is 10.1 Å². The van der Waals surface area contributed by atoms with Crippen LogP contribution in [0.4, 0.5) is 4.39 Å². The number of nitrogens with zero attached hydrogens (tertiary/aromatic N) is 3. The molecule has 0 aliphatic carbocycles. The molecule has 0 radical (unpaired) electrons. The maximum Gasteiger partial charge on any atom is 0.401 e. The van der Waals surface area contributed by atoms with E-state index in [0.717, 1.165) is 22.4 Å². The van der Waals surface area contributed by atoms with Crippen molar-refractivity contribution in [3.05, 3.63) is 101 Å². The minimum Gasteiger partial charge on any atom is -0.440 e. The maximum atomic E-state index is 13.4. The molecule has 1 atom stereocenters. The number of hydrogen-bond donors (Lipinski definition) is 0. The third-order valence-corrected chi connectivity index (χ3v) is 4.90. The SMILES string of the molecule is Cc1nn(C(C)c2ccc(F)cc2)c(OC(=O)c2ncco2)c1Cc1ccccc1. The Morgan fingerprint density at radius 3 is 2.57 bits per heavy atom. The van der Waals surface area contributed by atoms with Crippen LogP contribution in [0.15, 0.2) is 71.5 Å². The number of aryl methyl sites for hydroxylation is 1. The number of oxazole rings is 1. The van der Waals surface area contributed by atoms with Gasteiger partial charge in [-0.25, -0.2) is 18.9 Å². The lowest BCUT2D eigenvalue weighted by molar-refractivity contribution is 0.0673. The number of ether oxygens (including phenoxy) is 1. The number of esters is 1. The van der Waals surface area contributed by atoms with Gasteiger partial charge in [0.05, 0.1) is 17.9 Å². The molecule has 6 nitrogen and oxygen atoms in total. The van der Waals surface area contributed by atoms with Gasteiger partial charge in [0.15, 0.2) is 0 Å². The van der Waals surface area contributed by atoms with E-state index in [1.54, 1.807) is 16.8 Å². The van der Waals surface area contributed by atoms with Crippen LogP contribution >= 0.6 is 0 Å². The third kappa shape index (κ3) is 4.00. The highest BCUT2D eigenvalue weighted by atomic mass is 19.1. The molecule has 2 heterocycles. The van der Waals surface area contributed by atoms with Crippen molar-refractivity contribution in [3.63, 3.8) is 0 Å². The van der Waals surface area contributed by atoms with Crippen molar-refractivity contribution in [1.82, 2.24) is 14.8 Å². The van der Waals surface area contributed by atoms with Gasteiger partial charge >= 0.3 is 11.9 Å². The Balaban J connectivity index is 1.75. The lowest BCUT2D eigenvalue weighted by atomic mass is 10.1. The van der Waals surface area contributed by atoms with E-state index in [4.69, 9.17) is 9.15 Å². The quantitative estimate of drug-likeness (QED) is 0.434. The molecule has 0 spiro atoms. The number of carbonyl (C=O) groups excluding carboxylic acids is 1. The molecule has 2 aromatic heterocycles. The zero-order chi connectivity index (χ0) is 21.1. The minimum atomic E-state index is -0.707. The van der Waals surface area contributed by atoms with Gasteiger partial charge in [-0.1, -0.05) is 42.5 Å². The first-order valence-electron chi connectivity index (χ1n) is 9.52. The van der Waals surface area contributed by atoms with Gasteiger partial charge in [0.1, 0.15) is 12.1 Å². The van der Waals surface area contributed by atoms with Gasteiger partial charge in [-0.15, -0.1) is 0 Å². The largest absolute Gasteiger partial charge is 0.440 e. The molecule has 4 aromatic rings. The molecule has 0 aliphatic rings. The van der Waals surface area contributed by atoms with Crippen molar-refractivity contribution in [2.75, 3.05) is 0 Å². The summed E-state index contributed by atoms with van der Waals surface area (Å²) >= 11 is 0. The first kappa shape index (κ1) is 19.6. The van der Waals surface area contributed by atoms with Crippen molar-refractivity contribution in [3.8, 4) is 5.88 Å². The minimum absolute atomic E-state index is 0.138. The van der Waals surface area contributed by atoms with Crippen LogP contribution in [0.1, 0.15) is 46.0 Å². The van der Waals surface area contributed by atoms with Crippen molar-refractivity contribution in [2.24, 2.45) is 0 Å². The second kappa shape index (κ2) is 8.32. The molecule has 152 valence electrons. The molecule has 0 bridgehead atoms. The molecular formula is C23H20FN3O3. The number of benzene rings is 2. The third-order valence-electron chi connectivity index (χ3n) is 4.90. The summed E-state index contributed by atoms with van der Waals surface area (Å²) in [5.41, 5.74) is 3.42. The van der Waals surface area contributed by atoms with Crippen LogP contribution in [0.5, 0.6) is 5.88 Å². The van der Waals surface area contributed by atoms with Gasteiger partial charge in [0, 0.05) is 12.0 Å². The van der Waals surface area contributed by atoms with Crippen LogP contribution in [0, 0.1) is 12.7 Å². The standard InChI is InChI=1S/C23H20FN3O3/c1-15-20(14-17-6-4-3-5-7-17)22(30-23(28)21-25-12-13-29-21)27(26-15)16(2)18-8-10-19(24)11-9-18/h3-13,16H,14H2,1-2H3. The fourth-order valence-electron chi connectivity index (χ4n) is 3.27. The fraction of sp³-hybridized carbons (Fsp3) is 0.174. The summed E-state index contributed by atoms with van der Waals surface area (Å²) in [7, 11) is 0. The summed E-state index contributed by atoms with van der Waals surface area (Å²) in [4.78, 5) is 16.4. The van der Waals surface area contributed by atoms with E-state index >= 15 is 0 Å². The van der Waals surface area contributed by atoms with Gasteiger partial charge in [-0.2, -0.15) is 5.10 Å². The first-order chi connectivity index (χ1) is 14.5. The highest BCUT2D eigenvalue weighted by Gasteiger charge is 2.25. The number of hydrogen-bond acceptors (Lipinski definition) is 5. The average Bonchev–Trinajstić information content (AvgIpc) is 3.39. The Bertz CT molecular complexity index is 1140. The highest BCUT2D eigenvalue weighted by molar-refractivity contribution is 5.86. The van der Waals surface area contributed by atoms with Crippen LogP contribution in [0.2, 0.25) is 0 Å². The maximum absolute atomic E-state index is 13.4. The Labute approximate surface area is 172 Å². The van der Waals surface area contributed by atoms with Crippen molar-refractivity contribution >= 4 is 5.97 Å². The molecule has 7 heteroatoms. The molecule has 0 fully saturated rings. The van der Waals surface area contributed by atoms with Crippen LogP contribution in [-0.2, 0) is 6.42 Å². The number of carbonyl (C=O) groups is 1. The lowest BCUT2D eigenvalue weighted by Gasteiger charge is -2.16. The van der Waals surface area contributed by atoms with Crippen molar-refractivity contribution < 1.29 is 18.3 Å². The molecule has 1 unspecified atom stereocenters. The van der Waals surface area contributed by atoms with Gasteiger partial charge in [-0.3, -0.25) is 0 Å². The van der Waals surface area contributed by atoms with Gasteiger partial charge < -0.3 is 9.15 Å². The number of aromatic nitrogens is 3. The van der Waals surface area contributed by atoms with Gasteiger partial charge in [0.2, 0.25) is 5.88 Å². The number of halogens is 1. The zero-order valence-electron chi connectivity index (χ0n) is 16.6. The predicted molar refractivity (Wildman–Crippen MR) is 108 cm³/mol. The summed E-state index contributed by atoms with van der Waals surface area (Å²) in [6.07, 6.45) is 3.23. The van der Waals surface area contributed by atoms with E-state index in [0.29, 0.717) is 12.3 Å². The van der Waals surface area contributed by atoms with Gasteiger partial charge in [-0.05, 0) is 37.1 Å². The molecule has 4 rings (SSSR count). The molecule has 0 saturated carbocycles. The fourth-order valence-corrected chi connectivity index (χ4v) is 3.27. The monoisotopic (exact) mass is 405 g/mol. The molecule has 2 aromatic carbocycles. The smallest absolute Gasteiger partial charge is 0.401 e. The second-order valence-electron chi connectivity index (χ2n) is 6.93. The molecule has 0 amide bonds. The highest BCUT2D eigenvalue weighted by Crippen LogP contribution is 2.31. The molecule has 0 N–H and O–H groups in total. The van der Waals surface area contributed by atoms with E-state index in [9.17, 15) is 9.18 Å². The van der Waals surface area contributed by atoms with Crippen molar-refractivity contribution in [1.29, 1.82) is 0 Å².